The Labute approximate surface area is 116 Å². The Morgan fingerprint density at radius 3 is 2.74 bits per heavy atom. The van der Waals surface area contributed by atoms with Crippen LogP contribution in [0.5, 0.6) is 0 Å². The first-order valence-electron chi connectivity index (χ1n) is 7.18. The third-order valence-electron chi connectivity index (χ3n) is 3.50. The van der Waals surface area contributed by atoms with Gasteiger partial charge in [-0.2, -0.15) is 0 Å². The van der Waals surface area contributed by atoms with Gasteiger partial charge in [0.2, 0.25) is 0 Å². The number of hydrogen-bond acceptors (Lipinski definition) is 3. The van der Waals surface area contributed by atoms with Gasteiger partial charge in [-0.05, 0) is 31.9 Å². The summed E-state index contributed by atoms with van der Waals surface area (Å²) in [6, 6.07) is 2.68. The fraction of sp³-hybridized carbons (Fsp3) is 0.562. The Hall–Kier alpha value is -1.35. The second kappa shape index (κ2) is 6.20. The van der Waals surface area contributed by atoms with Gasteiger partial charge in [-0.1, -0.05) is 26.0 Å². The molecule has 3 nitrogen and oxygen atoms in total. The second-order valence-corrected chi connectivity index (χ2v) is 5.62. The highest BCUT2D eigenvalue weighted by Crippen LogP contribution is 2.24. The van der Waals surface area contributed by atoms with Crippen LogP contribution in [0.3, 0.4) is 0 Å². The molecule has 0 aromatic carbocycles. The fourth-order valence-corrected chi connectivity index (χ4v) is 2.46. The van der Waals surface area contributed by atoms with Crippen molar-refractivity contribution in [3.63, 3.8) is 0 Å². The third-order valence-corrected chi connectivity index (χ3v) is 3.50. The number of pyridine rings is 1. The van der Waals surface area contributed by atoms with E-state index in [-0.39, 0.29) is 0 Å². The van der Waals surface area contributed by atoms with Crippen LogP contribution in [0.25, 0.3) is 0 Å². The van der Waals surface area contributed by atoms with Crippen LogP contribution >= 0.6 is 0 Å². The van der Waals surface area contributed by atoms with Gasteiger partial charge in [-0.3, -0.25) is 0 Å². The Kier molecular flexibility index (Phi) is 4.59. The summed E-state index contributed by atoms with van der Waals surface area (Å²) in [7, 11) is 0. The molecule has 0 amide bonds. The smallest absolute Gasteiger partial charge is 0.133 e. The van der Waals surface area contributed by atoms with Gasteiger partial charge in [0.15, 0.2) is 0 Å². The summed E-state index contributed by atoms with van der Waals surface area (Å²) < 4.78 is 0. The van der Waals surface area contributed by atoms with Gasteiger partial charge in [-0.15, -0.1) is 0 Å². The van der Waals surface area contributed by atoms with Crippen LogP contribution < -0.4 is 10.2 Å². The van der Waals surface area contributed by atoms with Crippen LogP contribution in [-0.4, -0.2) is 24.1 Å². The molecule has 1 aromatic heterocycles. The Morgan fingerprint density at radius 2 is 2.11 bits per heavy atom. The zero-order chi connectivity index (χ0) is 13.8. The minimum Gasteiger partial charge on any atom is -0.352 e. The minimum atomic E-state index is 0.495. The number of aromatic nitrogens is 1. The zero-order valence-electron chi connectivity index (χ0n) is 12.5. The van der Waals surface area contributed by atoms with E-state index in [1.807, 2.05) is 0 Å². The molecule has 0 atom stereocenters. The van der Waals surface area contributed by atoms with Crippen LogP contribution in [0.1, 0.15) is 37.1 Å². The summed E-state index contributed by atoms with van der Waals surface area (Å²) in [5.74, 6) is 1.16. The first-order chi connectivity index (χ1) is 9.08. The highest BCUT2D eigenvalue weighted by atomic mass is 15.2. The Balaban J connectivity index is 2.30. The maximum atomic E-state index is 4.79. The lowest BCUT2D eigenvalue weighted by atomic mass is 10.1. The van der Waals surface area contributed by atoms with E-state index in [0.29, 0.717) is 6.04 Å². The molecule has 1 aromatic rings. The van der Waals surface area contributed by atoms with Gasteiger partial charge in [0.25, 0.3) is 0 Å². The number of rotatable bonds is 4. The molecule has 0 unspecified atom stereocenters. The molecule has 1 aliphatic rings. The predicted molar refractivity (Wildman–Crippen MR) is 81.7 cm³/mol. The molecule has 3 heteroatoms. The molecule has 1 aliphatic heterocycles. The molecule has 1 N–H and O–H groups in total. The van der Waals surface area contributed by atoms with Gasteiger partial charge in [0.05, 0.1) is 0 Å². The molecular weight excluding hydrogens is 234 g/mol. The monoisotopic (exact) mass is 259 g/mol. The van der Waals surface area contributed by atoms with Gasteiger partial charge in [0.1, 0.15) is 5.82 Å². The quantitative estimate of drug-likeness (QED) is 0.843. The van der Waals surface area contributed by atoms with Crippen molar-refractivity contribution < 1.29 is 0 Å². The molecule has 0 saturated carbocycles. The maximum absolute atomic E-state index is 4.79. The van der Waals surface area contributed by atoms with Crippen molar-refractivity contribution in [2.75, 3.05) is 18.0 Å². The van der Waals surface area contributed by atoms with Crippen molar-refractivity contribution in [1.82, 2.24) is 10.3 Å². The summed E-state index contributed by atoms with van der Waals surface area (Å²) in [5.41, 5.74) is 3.79. The van der Waals surface area contributed by atoms with E-state index in [0.717, 1.165) is 37.6 Å². The van der Waals surface area contributed by atoms with E-state index in [9.17, 15) is 0 Å². The zero-order valence-corrected chi connectivity index (χ0v) is 12.5. The standard InChI is InChI=1S/C16H25N3/c1-12(2)17-11-15-13(3)10-14(4)18-16(15)19-8-6-5-7-9-19/h5-6,10,12,17H,7-9,11H2,1-4H3. The number of anilines is 1. The van der Waals surface area contributed by atoms with Crippen LogP contribution in [0, 0.1) is 13.8 Å². The van der Waals surface area contributed by atoms with Crippen molar-refractivity contribution in [1.29, 1.82) is 0 Å². The highest BCUT2D eigenvalue weighted by Gasteiger charge is 2.16. The molecule has 19 heavy (non-hydrogen) atoms. The van der Waals surface area contributed by atoms with Gasteiger partial charge >= 0.3 is 0 Å². The van der Waals surface area contributed by atoms with E-state index in [4.69, 9.17) is 4.98 Å². The number of nitrogens with zero attached hydrogens (tertiary/aromatic N) is 2. The average molecular weight is 259 g/mol. The minimum absolute atomic E-state index is 0.495. The summed E-state index contributed by atoms with van der Waals surface area (Å²) in [6.45, 7) is 11.6. The molecule has 0 saturated heterocycles. The van der Waals surface area contributed by atoms with Crippen molar-refractivity contribution in [2.45, 2.75) is 46.7 Å². The van der Waals surface area contributed by atoms with E-state index < -0.39 is 0 Å². The topological polar surface area (TPSA) is 28.2 Å². The number of aryl methyl sites for hydroxylation is 2. The summed E-state index contributed by atoms with van der Waals surface area (Å²) in [4.78, 5) is 7.17. The van der Waals surface area contributed by atoms with Crippen LogP contribution in [0.15, 0.2) is 18.2 Å². The van der Waals surface area contributed by atoms with Crippen molar-refractivity contribution >= 4 is 5.82 Å². The van der Waals surface area contributed by atoms with Crippen LogP contribution in [0.4, 0.5) is 5.82 Å². The molecule has 0 radical (unpaired) electrons. The van der Waals surface area contributed by atoms with E-state index in [1.165, 1.54) is 11.1 Å². The number of nitrogens with one attached hydrogen (secondary N) is 1. The van der Waals surface area contributed by atoms with Crippen LogP contribution in [-0.2, 0) is 6.54 Å². The van der Waals surface area contributed by atoms with E-state index >= 15 is 0 Å². The molecule has 0 fully saturated rings. The summed E-state index contributed by atoms with van der Waals surface area (Å²) in [5, 5.41) is 3.52. The van der Waals surface area contributed by atoms with E-state index in [1.54, 1.807) is 0 Å². The number of hydrogen-bond donors (Lipinski definition) is 1. The lowest BCUT2D eigenvalue weighted by molar-refractivity contribution is 0.585. The van der Waals surface area contributed by atoms with E-state index in [2.05, 4.69) is 56.1 Å². The third kappa shape index (κ3) is 3.57. The van der Waals surface area contributed by atoms with Crippen LogP contribution in [0.2, 0.25) is 0 Å². The van der Waals surface area contributed by atoms with Crippen molar-refractivity contribution in [3.05, 3.63) is 35.0 Å². The van der Waals surface area contributed by atoms with Gasteiger partial charge < -0.3 is 10.2 Å². The predicted octanol–water partition coefficient (Wildman–Crippen LogP) is 2.96. The Morgan fingerprint density at radius 1 is 1.32 bits per heavy atom. The molecular formula is C16H25N3. The molecule has 0 bridgehead atoms. The first-order valence-corrected chi connectivity index (χ1v) is 7.18. The molecule has 0 spiro atoms. The second-order valence-electron chi connectivity index (χ2n) is 5.62. The normalized spacial score (nSPS) is 15.3. The molecule has 2 rings (SSSR count). The summed E-state index contributed by atoms with van der Waals surface area (Å²) in [6.07, 6.45) is 5.61. The van der Waals surface area contributed by atoms with Crippen molar-refractivity contribution in [3.8, 4) is 0 Å². The van der Waals surface area contributed by atoms with Crippen molar-refractivity contribution in [2.24, 2.45) is 0 Å². The largest absolute Gasteiger partial charge is 0.352 e. The first kappa shape index (κ1) is 14.1. The lowest BCUT2D eigenvalue weighted by Gasteiger charge is -2.28. The lowest BCUT2D eigenvalue weighted by Crippen LogP contribution is -2.31. The van der Waals surface area contributed by atoms with Gasteiger partial charge in [-0.25, -0.2) is 4.98 Å². The SMILES string of the molecule is Cc1cc(C)c(CNC(C)C)c(N2CC=CCC2)n1. The molecule has 104 valence electrons. The maximum Gasteiger partial charge on any atom is 0.133 e. The van der Waals surface area contributed by atoms with Gasteiger partial charge in [0, 0.05) is 36.9 Å². The molecule has 0 aliphatic carbocycles. The Bertz CT molecular complexity index is 463. The highest BCUT2D eigenvalue weighted by molar-refractivity contribution is 5.52. The fourth-order valence-electron chi connectivity index (χ4n) is 2.46. The molecule has 2 heterocycles. The summed E-state index contributed by atoms with van der Waals surface area (Å²) >= 11 is 0. The average Bonchev–Trinajstić information content (AvgIpc) is 2.37.